The zero-order valence-corrected chi connectivity index (χ0v) is 13.1. The fraction of sp³-hybridized carbons (Fsp3) is 0.118. The van der Waals surface area contributed by atoms with Crippen LogP contribution in [0.5, 0.6) is 0 Å². The van der Waals surface area contributed by atoms with Crippen molar-refractivity contribution in [3.8, 4) is 11.3 Å². The van der Waals surface area contributed by atoms with Gasteiger partial charge >= 0.3 is 6.18 Å². The highest BCUT2D eigenvalue weighted by Crippen LogP contribution is 2.32. The Hall–Kier alpha value is -3.23. The number of nitrogens with one attached hydrogen (secondary N) is 2. The largest absolute Gasteiger partial charge is 0.414 e. The molecule has 5 nitrogen and oxygen atoms in total. The van der Waals surface area contributed by atoms with Crippen molar-refractivity contribution in [3.63, 3.8) is 0 Å². The van der Waals surface area contributed by atoms with E-state index in [1.807, 2.05) is 5.32 Å². The van der Waals surface area contributed by atoms with Crippen molar-refractivity contribution in [2.75, 3.05) is 0 Å². The minimum absolute atomic E-state index is 0.115. The summed E-state index contributed by atoms with van der Waals surface area (Å²) in [5, 5.41) is 8.11. The number of nitrogens with zero attached hydrogens (tertiary/aromatic N) is 2. The van der Waals surface area contributed by atoms with Crippen LogP contribution in [0.25, 0.3) is 11.3 Å². The molecule has 1 aromatic carbocycles. The lowest BCUT2D eigenvalue weighted by atomic mass is 10.1. The lowest BCUT2D eigenvalue weighted by Crippen LogP contribution is -2.38. The fourth-order valence-electron chi connectivity index (χ4n) is 2.40. The predicted molar refractivity (Wildman–Crippen MR) is 84.5 cm³/mol. The number of aromatic nitrogens is 3. The van der Waals surface area contributed by atoms with Gasteiger partial charge in [0.1, 0.15) is 5.82 Å². The van der Waals surface area contributed by atoms with Gasteiger partial charge in [0.2, 0.25) is 0 Å². The van der Waals surface area contributed by atoms with E-state index in [2.05, 4.69) is 15.2 Å². The highest BCUT2D eigenvalue weighted by Gasteiger charge is 2.43. The maximum atomic E-state index is 13.4. The molecule has 0 bridgehead atoms. The van der Waals surface area contributed by atoms with Gasteiger partial charge in [-0.15, -0.1) is 0 Å². The van der Waals surface area contributed by atoms with Crippen molar-refractivity contribution in [1.29, 1.82) is 0 Å². The van der Waals surface area contributed by atoms with E-state index in [0.717, 1.165) is 12.3 Å². The molecule has 0 fully saturated rings. The number of halogens is 4. The average Bonchev–Trinajstić information content (AvgIpc) is 3.09. The van der Waals surface area contributed by atoms with Gasteiger partial charge in [0, 0.05) is 11.8 Å². The molecule has 0 aliphatic carbocycles. The number of rotatable bonds is 4. The van der Waals surface area contributed by atoms with E-state index in [1.54, 1.807) is 0 Å². The van der Waals surface area contributed by atoms with Gasteiger partial charge in [-0.1, -0.05) is 18.2 Å². The summed E-state index contributed by atoms with van der Waals surface area (Å²) >= 11 is 0. The van der Waals surface area contributed by atoms with Crippen molar-refractivity contribution in [2.45, 2.75) is 12.2 Å². The number of H-pyrrole nitrogens is 1. The number of hydrogen-bond acceptors (Lipinski definition) is 3. The van der Waals surface area contributed by atoms with E-state index in [0.29, 0.717) is 0 Å². The third-order valence-electron chi connectivity index (χ3n) is 3.58. The summed E-state index contributed by atoms with van der Waals surface area (Å²) in [4.78, 5) is 16.1. The number of aromatic amines is 1. The first kappa shape index (κ1) is 17.6. The van der Waals surface area contributed by atoms with Crippen LogP contribution in [0.1, 0.15) is 22.1 Å². The third-order valence-corrected chi connectivity index (χ3v) is 3.58. The Morgan fingerprint density at radius 2 is 1.96 bits per heavy atom. The maximum absolute atomic E-state index is 13.4. The monoisotopic (exact) mass is 364 g/mol. The van der Waals surface area contributed by atoms with Crippen molar-refractivity contribution >= 4 is 5.91 Å². The first-order valence-corrected chi connectivity index (χ1v) is 7.44. The molecule has 1 unspecified atom stereocenters. The molecule has 26 heavy (non-hydrogen) atoms. The molecule has 9 heteroatoms. The summed E-state index contributed by atoms with van der Waals surface area (Å²) in [5.41, 5.74) is -0.0806. The minimum Gasteiger partial charge on any atom is -0.335 e. The van der Waals surface area contributed by atoms with Crippen LogP contribution in [0, 0.1) is 5.82 Å². The van der Waals surface area contributed by atoms with E-state index < -0.39 is 23.9 Å². The molecule has 134 valence electrons. The van der Waals surface area contributed by atoms with Crippen LogP contribution in [0.15, 0.2) is 54.9 Å². The van der Waals surface area contributed by atoms with Gasteiger partial charge in [-0.25, -0.2) is 4.39 Å². The molecule has 2 N–H and O–H groups in total. The zero-order valence-electron chi connectivity index (χ0n) is 13.1. The van der Waals surface area contributed by atoms with Gasteiger partial charge in [-0.05, 0) is 24.3 Å². The number of hydrogen-bond donors (Lipinski definition) is 2. The van der Waals surface area contributed by atoms with E-state index in [4.69, 9.17) is 0 Å². The highest BCUT2D eigenvalue weighted by molar-refractivity contribution is 5.99. The smallest absolute Gasteiger partial charge is 0.335 e. The van der Waals surface area contributed by atoms with Gasteiger partial charge in [0.05, 0.1) is 23.1 Å². The third kappa shape index (κ3) is 3.71. The van der Waals surface area contributed by atoms with Gasteiger partial charge in [0.15, 0.2) is 6.04 Å². The lowest BCUT2D eigenvalue weighted by molar-refractivity contribution is -0.156. The Morgan fingerprint density at radius 1 is 1.15 bits per heavy atom. The number of carbonyl (C=O) groups excluding carboxylic acids is 1. The summed E-state index contributed by atoms with van der Waals surface area (Å²) in [6, 6.07) is 7.02. The summed E-state index contributed by atoms with van der Waals surface area (Å²) in [5.74, 6) is -1.56. The van der Waals surface area contributed by atoms with Crippen molar-refractivity contribution < 1.29 is 22.4 Å². The zero-order chi connectivity index (χ0) is 18.7. The number of benzene rings is 1. The number of alkyl halides is 3. The van der Waals surface area contributed by atoms with E-state index >= 15 is 0 Å². The second-order valence-electron chi connectivity index (χ2n) is 5.37. The molecule has 0 aliphatic heterocycles. The van der Waals surface area contributed by atoms with Gasteiger partial charge in [0.25, 0.3) is 5.91 Å². The first-order chi connectivity index (χ1) is 12.4. The Bertz CT molecular complexity index is 908. The second-order valence-corrected chi connectivity index (χ2v) is 5.37. The van der Waals surface area contributed by atoms with Crippen LogP contribution in [0.3, 0.4) is 0 Å². The Labute approximate surface area is 145 Å². The second kappa shape index (κ2) is 6.95. The maximum Gasteiger partial charge on any atom is 0.414 e. The van der Waals surface area contributed by atoms with Gasteiger partial charge in [-0.2, -0.15) is 18.3 Å². The Balaban J connectivity index is 1.91. The number of amides is 1. The van der Waals surface area contributed by atoms with E-state index in [-0.39, 0.29) is 22.5 Å². The standard InChI is InChI=1S/C17H12F4N4O/c18-11-5-3-4-10(8-11)14-12(9-23-25-14)16(26)24-15(17(19,20)21)13-6-1-2-7-22-13/h1-9,15H,(H,23,25)(H,24,26). The van der Waals surface area contributed by atoms with Gasteiger partial charge < -0.3 is 5.32 Å². The molecule has 1 atom stereocenters. The highest BCUT2D eigenvalue weighted by atomic mass is 19.4. The number of carbonyl (C=O) groups is 1. The predicted octanol–water partition coefficient (Wildman–Crippen LogP) is 3.64. The van der Waals surface area contributed by atoms with Gasteiger partial charge in [-0.3, -0.25) is 14.9 Å². The van der Waals surface area contributed by atoms with Crippen LogP contribution < -0.4 is 5.32 Å². The molecule has 1 amide bonds. The Morgan fingerprint density at radius 3 is 2.62 bits per heavy atom. The summed E-state index contributed by atoms with van der Waals surface area (Å²) in [7, 11) is 0. The first-order valence-electron chi connectivity index (χ1n) is 7.44. The van der Waals surface area contributed by atoms with Crippen LogP contribution in [0.2, 0.25) is 0 Å². The topological polar surface area (TPSA) is 70.7 Å². The van der Waals surface area contributed by atoms with E-state index in [1.165, 1.54) is 42.6 Å². The number of pyridine rings is 1. The van der Waals surface area contributed by atoms with Crippen molar-refractivity contribution in [2.24, 2.45) is 0 Å². The summed E-state index contributed by atoms with van der Waals surface area (Å²) in [6.07, 6.45) is -2.45. The average molecular weight is 364 g/mol. The summed E-state index contributed by atoms with van der Waals surface area (Å²) < 4.78 is 53.5. The molecular weight excluding hydrogens is 352 g/mol. The van der Waals surface area contributed by atoms with Crippen LogP contribution in [0.4, 0.5) is 17.6 Å². The molecule has 0 saturated carbocycles. The quantitative estimate of drug-likeness (QED) is 0.695. The molecule has 0 spiro atoms. The van der Waals surface area contributed by atoms with Crippen LogP contribution in [-0.2, 0) is 0 Å². The van der Waals surface area contributed by atoms with E-state index in [9.17, 15) is 22.4 Å². The normalized spacial score (nSPS) is 12.6. The molecule has 0 radical (unpaired) electrons. The van der Waals surface area contributed by atoms with Crippen molar-refractivity contribution in [1.82, 2.24) is 20.5 Å². The molecule has 0 saturated heterocycles. The summed E-state index contributed by atoms with van der Waals surface area (Å²) in [6.45, 7) is 0. The molecule has 0 aliphatic rings. The molecule has 2 aromatic heterocycles. The SMILES string of the molecule is O=C(NC(c1ccccn1)C(F)(F)F)c1cn[nH]c1-c1cccc(F)c1. The fourth-order valence-corrected chi connectivity index (χ4v) is 2.40. The molecule has 3 aromatic rings. The van der Waals surface area contributed by atoms with Crippen LogP contribution >= 0.6 is 0 Å². The lowest BCUT2D eigenvalue weighted by Gasteiger charge is -2.21. The Kier molecular flexibility index (Phi) is 4.70. The van der Waals surface area contributed by atoms with Crippen molar-refractivity contribution in [3.05, 3.63) is 71.9 Å². The molecule has 3 rings (SSSR count). The minimum atomic E-state index is -4.74. The molecular formula is C17H12F4N4O. The van der Waals surface area contributed by atoms with Crippen LogP contribution in [-0.4, -0.2) is 27.3 Å². The molecule has 2 heterocycles.